The van der Waals surface area contributed by atoms with Gasteiger partial charge in [0, 0.05) is 6.54 Å². The number of para-hydroxylation sites is 1. The number of nitrogens with one attached hydrogen (secondary N) is 1. The summed E-state index contributed by atoms with van der Waals surface area (Å²) in [5, 5.41) is 12.3. The molecular formula is C19H16ClN5O2S3. The summed E-state index contributed by atoms with van der Waals surface area (Å²) >= 11 is 8.30. The lowest BCUT2D eigenvalue weighted by Gasteiger charge is -2.17. The van der Waals surface area contributed by atoms with E-state index < -0.39 is 10.0 Å². The summed E-state index contributed by atoms with van der Waals surface area (Å²) in [7, 11) is -3.67. The Morgan fingerprint density at radius 3 is 2.40 bits per heavy atom. The van der Waals surface area contributed by atoms with Crippen molar-refractivity contribution in [2.75, 3.05) is 6.54 Å². The van der Waals surface area contributed by atoms with E-state index in [-0.39, 0.29) is 16.0 Å². The van der Waals surface area contributed by atoms with Crippen LogP contribution in [-0.2, 0) is 10.0 Å². The largest absolute Gasteiger partial charge is 0.250 e. The first kappa shape index (κ1) is 21.0. The van der Waals surface area contributed by atoms with Gasteiger partial charge in [-0.05, 0) is 40.3 Å². The minimum Gasteiger partial charge on any atom is -0.209 e. The van der Waals surface area contributed by atoms with E-state index in [2.05, 4.69) is 20.2 Å². The predicted octanol–water partition coefficient (Wildman–Crippen LogP) is 4.19. The monoisotopic (exact) mass is 477 g/mol. The van der Waals surface area contributed by atoms with E-state index in [0.717, 1.165) is 22.6 Å². The van der Waals surface area contributed by atoms with Crippen molar-refractivity contribution in [3.05, 3.63) is 82.7 Å². The van der Waals surface area contributed by atoms with Crippen molar-refractivity contribution in [2.45, 2.75) is 14.6 Å². The van der Waals surface area contributed by atoms with E-state index in [9.17, 15) is 8.42 Å². The van der Waals surface area contributed by atoms with Gasteiger partial charge in [0.25, 0.3) is 0 Å². The molecule has 0 spiro atoms. The minimum atomic E-state index is -3.67. The molecule has 0 aliphatic carbocycles. The van der Waals surface area contributed by atoms with Crippen molar-refractivity contribution >= 4 is 44.7 Å². The molecule has 4 rings (SSSR count). The van der Waals surface area contributed by atoms with Crippen LogP contribution in [0, 0.1) is 0 Å². The number of benzene rings is 2. The van der Waals surface area contributed by atoms with Crippen LogP contribution in [0.5, 0.6) is 0 Å². The molecule has 1 unspecified atom stereocenters. The third-order valence-corrected chi connectivity index (χ3v) is 8.47. The summed E-state index contributed by atoms with van der Waals surface area (Å²) in [5.74, 6) is 0. The number of thiophene rings is 1. The molecule has 0 fully saturated rings. The van der Waals surface area contributed by atoms with Crippen LogP contribution in [0.15, 0.2) is 82.2 Å². The molecule has 1 atom stereocenters. The fourth-order valence-corrected chi connectivity index (χ4v) is 6.42. The highest BCUT2D eigenvalue weighted by Gasteiger charge is 2.23. The average molecular weight is 478 g/mol. The lowest BCUT2D eigenvalue weighted by Crippen LogP contribution is -2.27. The normalized spacial score (nSPS) is 12.7. The Balaban J connectivity index is 1.59. The summed E-state index contributed by atoms with van der Waals surface area (Å²) < 4.78 is 30.2. The lowest BCUT2D eigenvalue weighted by molar-refractivity contribution is 0.583. The molecule has 0 saturated heterocycles. The van der Waals surface area contributed by atoms with Crippen LogP contribution in [0.3, 0.4) is 0 Å². The van der Waals surface area contributed by atoms with Gasteiger partial charge >= 0.3 is 0 Å². The van der Waals surface area contributed by atoms with Crippen LogP contribution in [0.1, 0.15) is 10.8 Å². The van der Waals surface area contributed by atoms with Crippen LogP contribution in [0.2, 0.25) is 4.34 Å². The standard InChI is InChI=1S/C19H16ClN5O2S3/c20-17-11-12-18(29-17)30(26,27)21-13-16(14-7-3-1-4-8-14)28-19-22-23-24-25(19)15-9-5-2-6-10-15/h1-12,16,21H,13H2. The van der Waals surface area contributed by atoms with Gasteiger partial charge in [-0.2, -0.15) is 4.68 Å². The highest BCUT2D eigenvalue weighted by atomic mass is 35.5. The van der Waals surface area contributed by atoms with E-state index in [4.69, 9.17) is 11.6 Å². The summed E-state index contributed by atoms with van der Waals surface area (Å²) in [6.45, 7) is 0.161. The van der Waals surface area contributed by atoms with E-state index >= 15 is 0 Å². The molecule has 0 aliphatic rings. The molecule has 0 bridgehead atoms. The maximum atomic E-state index is 12.7. The Hall–Kier alpha value is -2.24. The Kier molecular flexibility index (Phi) is 6.49. The summed E-state index contributed by atoms with van der Waals surface area (Å²) in [5.41, 5.74) is 1.78. The molecule has 2 aromatic heterocycles. The molecule has 2 heterocycles. The van der Waals surface area contributed by atoms with Gasteiger partial charge in [-0.25, -0.2) is 13.1 Å². The Labute approximate surface area is 187 Å². The number of halogens is 1. The maximum Gasteiger partial charge on any atom is 0.250 e. The second-order valence-corrected chi connectivity index (χ2v) is 11.0. The van der Waals surface area contributed by atoms with Gasteiger partial charge in [-0.3, -0.25) is 0 Å². The number of sulfonamides is 1. The summed E-state index contributed by atoms with van der Waals surface area (Å²) in [6.07, 6.45) is 0. The summed E-state index contributed by atoms with van der Waals surface area (Å²) in [6, 6.07) is 22.2. The van der Waals surface area contributed by atoms with Gasteiger partial charge in [-0.1, -0.05) is 71.9 Å². The zero-order valence-corrected chi connectivity index (χ0v) is 18.6. The molecule has 0 amide bonds. The minimum absolute atomic E-state index is 0.161. The number of aromatic nitrogens is 4. The number of rotatable bonds is 8. The Morgan fingerprint density at radius 1 is 1.03 bits per heavy atom. The molecule has 154 valence electrons. The van der Waals surface area contributed by atoms with E-state index in [0.29, 0.717) is 9.49 Å². The second-order valence-electron chi connectivity index (χ2n) is 6.14. The number of hydrogen-bond acceptors (Lipinski definition) is 7. The van der Waals surface area contributed by atoms with Gasteiger partial charge in [0.15, 0.2) is 0 Å². The molecule has 4 aromatic rings. The van der Waals surface area contributed by atoms with Crippen LogP contribution in [0.25, 0.3) is 5.69 Å². The molecule has 0 saturated carbocycles. The smallest absolute Gasteiger partial charge is 0.209 e. The molecule has 0 radical (unpaired) electrons. The number of nitrogens with zero attached hydrogens (tertiary/aromatic N) is 4. The first-order valence-corrected chi connectivity index (χ1v) is 12.4. The van der Waals surface area contributed by atoms with Crippen molar-refractivity contribution in [2.24, 2.45) is 0 Å². The van der Waals surface area contributed by atoms with E-state index in [1.807, 2.05) is 60.7 Å². The van der Waals surface area contributed by atoms with E-state index in [1.54, 1.807) is 10.7 Å². The molecule has 7 nitrogen and oxygen atoms in total. The third-order valence-electron chi connectivity index (χ3n) is 4.13. The van der Waals surface area contributed by atoms with Gasteiger partial charge in [0.1, 0.15) is 4.21 Å². The van der Waals surface area contributed by atoms with Crippen molar-refractivity contribution < 1.29 is 8.42 Å². The summed E-state index contributed by atoms with van der Waals surface area (Å²) in [4.78, 5) is 0. The number of tetrazole rings is 1. The molecule has 1 N–H and O–H groups in total. The topological polar surface area (TPSA) is 89.8 Å². The molecule has 30 heavy (non-hydrogen) atoms. The van der Waals surface area contributed by atoms with Gasteiger partial charge in [-0.15, -0.1) is 16.4 Å². The zero-order valence-electron chi connectivity index (χ0n) is 15.4. The first-order chi connectivity index (χ1) is 14.5. The molecular weight excluding hydrogens is 462 g/mol. The lowest BCUT2D eigenvalue weighted by atomic mass is 10.1. The zero-order chi connectivity index (χ0) is 21.0. The quantitative estimate of drug-likeness (QED) is 0.383. The van der Waals surface area contributed by atoms with Crippen LogP contribution < -0.4 is 4.72 Å². The van der Waals surface area contributed by atoms with Crippen molar-refractivity contribution in [3.63, 3.8) is 0 Å². The number of hydrogen-bond donors (Lipinski definition) is 1. The second kappa shape index (κ2) is 9.27. The fraction of sp³-hybridized carbons (Fsp3) is 0.105. The van der Waals surface area contributed by atoms with Crippen LogP contribution >= 0.6 is 34.7 Å². The highest BCUT2D eigenvalue weighted by molar-refractivity contribution is 7.99. The third kappa shape index (κ3) is 4.90. The predicted molar refractivity (Wildman–Crippen MR) is 119 cm³/mol. The highest BCUT2D eigenvalue weighted by Crippen LogP contribution is 2.35. The SMILES string of the molecule is O=S(=O)(NCC(Sc1nnnn1-c1ccccc1)c1ccccc1)c1ccc(Cl)s1. The van der Waals surface area contributed by atoms with E-state index in [1.165, 1.54) is 17.8 Å². The van der Waals surface area contributed by atoms with Crippen molar-refractivity contribution in [1.29, 1.82) is 0 Å². The molecule has 11 heteroatoms. The van der Waals surface area contributed by atoms with Gasteiger partial charge in [0.2, 0.25) is 15.2 Å². The van der Waals surface area contributed by atoms with Crippen LogP contribution in [-0.4, -0.2) is 35.2 Å². The fourth-order valence-electron chi connectivity index (χ4n) is 2.70. The van der Waals surface area contributed by atoms with Crippen LogP contribution in [0.4, 0.5) is 0 Å². The Bertz CT molecular complexity index is 1210. The maximum absolute atomic E-state index is 12.7. The molecule has 0 aliphatic heterocycles. The van der Waals surface area contributed by atoms with Gasteiger partial charge < -0.3 is 0 Å². The first-order valence-electron chi connectivity index (χ1n) is 8.83. The number of thioether (sulfide) groups is 1. The molecule has 2 aromatic carbocycles. The van der Waals surface area contributed by atoms with Crippen molar-refractivity contribution in [1.82, 2.24) is 24.9 Å². The Morgan fingerprint density at radius 2 is 1.73 bits per heavy atom. The van der Waals surface area contributed by atoms with Crippen molar-refractivity contribution in [3.8, 4) is 5.69 Å². The average Bonchev–Trinajstić information content (AvgIpc) is 3.42. The van der Waals surface area contributed by atoms with Gasteiger partial charge in [0.05, 0.1) is 15.3 Å².